The van der Waals surface area contributed by atoms with Crippen molar-refractivity contribution in [3.05, 3.63) is 0 Å². The monoisotopic (exact) mass is 438 g/mol. The Bertz CT molecular complexity index is 8.00. The van der Waals surface area contributed by atoms with Gasteiger partial charge >= 0.3 is 80.1 Å². The second-order valence-electron chi connectivity index (χ2n) is 0. The fourth-order valence-corrected chi connectivity index (χ4v) is 0. The molecule has 4 heavy (non-hydrogen) atoms. The number of hydrogen-bond donors (Lipinski definition) is 0. The number of rotatable bonds is 0. The summed E-state index contributed by atoms with van der Waals surface area (Å²) in [6.07, 6.45) is 0. The third kappa shape index (κ3) is 8.95. The molecule has 0 spiro atoms. The predicted molar refractivity (Wildman–Crippen MR) is 27.0 cm³/mol. The van der Waals surface area contributed by atoms with Crippen molar-refractivity contribution in [3.8, 4) is 0 Å². The van der Waals surface area contributed by atoms with Crippen molar-refractivity contribution in [3.63, 3.8) is 0 Å². The summed E-state index contributed by atoms with van der Waals surface area (Å²) < 4.78 is 0. The van der Waals surface area contributed by atoms with Crippen LogP contribution in [-0.2, 0) is 17.1 Å². The van der Waals surface area contributed by atoms with E-state index in [4.69, 9.17) is 0 Å². The molecule has 0 bridgehead atoms. The van der Waals surface area contributed by atoms with E-state index in [2.05, 4.69) is 0 Å². The van der Waals surface area contributed by atoms with Gasteiger partial charge in [0.1, 0.15) is 0 Å². The summed E-state index contributed by atoms with van der Waals surface area (Å²) in [4.78, 5) is 0. The van der Waals surface area contributed by atoms with Crippen LogP contribution in [0.25, 0.3) is 0 Å². The summed E-state index contributed by atoms with van der Waals surface area (Å²) in [6.45, 7) is 0. The van der Waals surface area contributed by atoms with Crippen LogP contribution in [0.5, 0.6) is 0 Å². The molecular formula is H7BaBiFeSi. The van der Waals surface area contributed by atoms with Gasteiger partial charge in [-0.05, 0) is 0 Å². The normalized spacial score (nSPS) is 2.25. The minimum atomic E-state index is 0. The van der Waals surface area contributed by atoms with Gasteiger partial charge in [0.15, 0.2) is 0 Å². The summed E-state index contributed by atoms with van der Waals surface area (Å²) in [5.74, 6) is 0. The molecule has 0 saturated carbocycles. The summed E-state index contributed by atoms with van der Waals surface area (Å²) in [5.41, 5.74) is 0. The standard InChI is InChI=1S/Ba.Bi.Fe.H3Si.4H/h;;;1H3;;;;. The van der Waals surface area contributed by atoms with Gasteiger partial charge in [0.05, 0.1) is 0 Å². The first-order chi connectivity index (χ1) is 1.00. The molecule has 0 rings (SSSR count). The second-order valence-corrected chi connectivity index (χ2v) is 0. The maximum absolute atomic E-state index is 1.47. The first-order valence-electron chi connectivity index (χ1n) is 0.577. The third-order valence-corrected chi connectivity index (χ3v) is 0. The van der Waals surface area contributed by atoms with E-state index in [-0.39, 0.29) is 65.9 Å². The van der Waals surface area contributed by atoms with Crippen molar-refractivity contribution in [2.45, 2.75) is 0 Å². The van der Waals surface area contributed by atoms with Crippen molar-refractivity contribution >= 4 is 80.1 Å². The molecule has 0 N–H and O–H groups in total. The van der Waals surface area contributed by atoms with Crippen LogP contribution in [0.4, 0.5) is 0 Å². The fraction of sp³-hybridized carbons (Fsp3) is 0. The molecule has 0 heterocycles. The Labute approximate surface area is 94.6 Å². The van der Waals surface area contributed by atoms with Crippen LogP contribution in [0.3, 0.4) is 0 Å². The van der Waals surface area contributed by atoms with Crippen LogP contribution in [0.2, 0.25) is 0 Å². The van der Waals surface area contributed by atoms with Crippen LogP contribution >= 0.6 is 0 Å². The molecule has 0 unspecified atom stereocenters. The molecule has 0 atom stereocenters. The third-order valence-electron chi connectivity index (χ3n) is 0. The van der Waals surface area contributed by atoms with Gasteiger partial charge in [-0.3, -0.25) is 0 Å². The molecule has 0 aliphatic rings. The Kier molecular flexibility index (Phi) is 64.3. The van der Waals surface area contributed by atoms with E-state index in [0.29, 0.717) is 0 Å². The summed E-state index contributed by atoms with van der Waals surface area (Å²) in [5, 5.41) is 0. The number of hydrogen-bond acceptors (Lipinski definition) is 0. The van der Waals surface area contributed by atoms with Crippen molar-refractivity contribution in [2.75, 3.05) is 0 Å². The zero-order chi connectivity index (χ0) is 2.00. The predicted octanol–water partition coefficient (Wildman–Crippen LogP) is -3.02. The second kappa shape index (κ2) is 16.4. The molecule has 0 amide bonds. The van der Waals surface area contributed by atoms with E-state index in [1.54, 1.807) is 0 Å². The van der Waals surface area contributed by atoms with Crippen LogP contribution in [0, 0.1) is 0 Å². The Morgan fingerprint density at radius 3 is 1.25 bits per heavy atom. The molecule has 0 aliphatic carbocycles. The molecule has 0 aliphatic heterocycles. The summed E-state index contributed by atoms with van der Waals surface area (Å²) in [6, 6.07) is 0. The SMILES string of the molecule is [BaH2].[Fe].[SiH3][BiH2]. The van der Waals surface area contributed by atoms with E-state index in [9.17, 15) is 0 Å². The summed E-state index contributed by atoms with van der Waals surface area (Å²) in [7, 11) is 1.47. The molecule has 0 aromatic heterocycles. The molecule has 26 valence electrons. The van der Waals surface area contributed by atoms with Gasteiger partial charge in [-0.1, -0.05) is 0 Å². The van der Waals surface area contributed by atoms with Crippen molar-refractivity contribution < 1.29 is 17.1 Å². The molecule has 0 aromatic carbocycles. The molecule has 0 fully saturated rings. The van der Waals surface area contributed by atoms with Crippen LogP contribution in [0.1, 0.15) is 0 Å². The van der Waals surface area contributed by atoms with Gasteiger partial charge in [0.2, 0.25) is 0 Å². The minimum absolute atomic E-state index is 0. The zero-order valence-corrected chi connectivity index (χ0v) is 9.52. The first-order valence-corrected chi connectivity index (χ1v) is 15.2. The first kappa shape index (κ1) is 15.7. The van der Waals surface area contributed by atoms with E-state index in [1.165, 1.54) is 31.2 Å². The van der Waals surface area contributed by atoms with Crippen molar-refractivity contribution in [1.82, 2.24) is 0 Å². The quantitative estimate of drug-likeness (QED) is 0.354. The average molecular weight is 437 g/mol. The van der Waals surface area contributed by atoms with E-state index >= 15 is 0 Å². The Morgan fingerprint density at radius 1 is 1.25 bits per heavy atom. The van der Waals surface area contributed by atoms with Crippen molar-refractivity contribution in [1.29, 1.82) is 0 Å². The van der Waals surface area contributed by atoms with Gasteiger partial charge in [-0.25, -0.2) is 0 Å². The molecule has 4 heteroatoms. The molecule has 0 nitrogen and oxygen atoms in total. The van der Waals surface area contributed by atoms with Gasteiger partial charge < -0.3 is 0 Å². The van der Waals surface area contributed by atoms with Gasteiger partial charge in [0, 0.05) is 17.1 Å². The Morgan fingerprint density at radius 2 is 1.25 bits per heavy atom. The average Bonchev–Trinajstić information content (AvgIpc) is 1.00. The van der Waals surface area contributed by atoms with Gasteiger partial charge in [0.25, 0.3) is 0 Å². The van der Waals surface area contributed by atoms with Crippen LogP contribution < -0.4 is 0 Å². The molecular weight excluding hydrogens is 430 g/mol. The van der Waals surface area contributed by atoms with Crippen LogP contribution in [-0.4, -0.2) is 80.1 Å². The van der Waals surface area contributed by atoms with E-state index in [1.807, 2.05) is 0 Å². The maximum atomic E-state index is 1.47. The van der Waals surface area contributed by atoms with Gasteiger partial charge in [-0.15, -0.1) is 0 Å². The zero-order valence-electron chi connectivity index (χ0n) is 1.93. The van der Waals surface area contributed by atoms with E-state index in [0.717, 1.165) is 0 Å². The fourth-order valence-electron chi connectivity index (χ4n) is 0. The van der Waals surface area contributed by atoms with E-state index < -0.39 is 0 Å². The molecule has 0 aromatic rings. The Hall–Kier alpha value is 3.19. The molecule has 0 radical (unpaired) electrons. The topological polar surface area (TPSA) is 0 Å². The van der Waals surface area contributed by atoms with Gasteiger partial charge in [-0.2, -0.15) is 0 Å². The summed E-state index contributed by atoms with van der Waals surface area (Å²) >= 11 is 1.31. The van der Waals surface area contributed by atoms with Crippen LogP contribution in [0.15, 0.2) is 0 Å². The van der Waals surface area contributed by atoms with Crippen molar-refractivity contribution in [2.24, 2.45) is 0 Å². The Balaban J connectivity index is -0.00000000500. The molecule has 0 saturated heterocycles.